The van der Waals surface area contributed by atoms with E-state index in [-0.39, 0.29) is 57.6 Å². The molecule has 2 atom stereocenters. The first-order chi connectivity index (χ1) is 16.5. The quantitative estimate of drug-likeness (QED) is 0.481. The predicted octanol–water partition coefficient (Wildman–Crippen LogP) is 1.98. The van der Waals surface area contributed by atoms with Crippen LogP contribution in [0.25, 0.3) is 11.1 Å². The molecule has 2 aromatic rings. The van der Waals surface area contributed by atoms with Crippen LogP contribution in [0.5, 0.6) is 0 Å². The first-order valence-corrected chi connectivity index (χ1v) is 11.3. The average molecular weight is 469 g/mol. The van der Waals surface area contributed by atoms with E-state index in [0.29, 0.717) is 0 Å². The maximum atomic E-state index is 12.2. The standard InChI is InChI=1S/C25H28N2O7/c28-16-13-22(24(30)31)27(14-16)23(29)9-11-33-12-10-26-25(32)34-15-21-19-7-3-1-5-17(19)18-6-2-4-8-20(18)21/h1-8,16,21-22,28H,9-15H2,(H,26,32)(H,30,31)/t16-,22-/m0/s1. The van der Waals surface area contributed by atoms with Crippen molar-refractivity contribution >= 4 is 18.0 Å². The summed E-state index contributed by atoms with van der Waals surface area (Å²) >= 11 is 0. The van der Waals surface area contributed by atoms with Crippen LogP contribution in [0.2, 0.25) is 0 Å². The van der Waals surface area contributed by atoms with Crippen LogP contribution in [0.3, 0.4) is 0 Å². The molecule has 0 unspecified atom stereocenters. The number of fused-ring (bicyclic) bond motifs is 3. The zero-order valence-electron chi connectivity index (χ0n) is 18.7. The fraction of sp³-hybridized carbons (Fsp3) is 0.400. The number of aliphatic hydroxyl groups excluding tert-OH is 1. The van der Waals surface area contributed by atoms with Crippen molar-refractivity contribution in [1.82, 2.24) is 10.2 Å². The Morgan fingerprint density at radius 2 is 1.65 bits per heavy atom. The van der Waals surface area contributed by atoms with Gasteiger partial charge < -0.3 is 29.9 Å². The number of carboxylic acids is 1. The van der Waals surface area contributed by atoms with E-state index in [1.54, 1.807) is 0 Å². The number of rotatable bonds is 9. The molecular formula is C25H28N2O7. The molecule has 0 aromatic heterocycles. The van der Waals surface area contributed by atoms with E-state index in [2.05, 4.69) is 29.6 Å². The van der Waals surface area contributed by atoms with Gasteiger partial charge in [-0.15, -0.1) is 0 Å². The summed E-state index contributed by atoms with van der Waals surface area (Å²) in [5.74, 6) is -1.52. The third kappa shape index (κ3) is 5.21. The van der Waals surface area contributed by atoms with E-state index in [0.717, 1.165) is 22.3 Å². The summed E-state index contributed by atoms with van der Waals surface area (Å²) in [5, 5.41) is 21.4. The summed E-state index contributed by atoms with van der Waals surface area (Å²) in [6.45, 7) is 0.721. The summed E-state index contributed by atoms with van der Waals surface area (Å²) in [7, 11) is 0. The van der Waals surface area contributed by atoms with Gasteiger partial charge in [-0.25, -0.2) is 9.59 Å². The van der Waals surface area contributed by atoms with E-state index in [1.165, 1.54) is 4.90 Å². The first-order valence-electron chi connectivity index (χ1n) is 11.3. The summed E-state index contributed by atoms with van der Waals surface area (Å²) in [6.07, 6.45) is -1.34. The van der Waals surface area contributed by atoms with Crippen LogP contribution >= 0.6 is 0 Å². The molecule has 2 amide bonds. The molecule has 1 heterocycles. The van der Waals surface area contributed by atoms with Crippen LogP contribution < -0.4 is 5.32 Å². The Morgan fingerprint density at radius 3 is 2.29 bits per heavy atom. The van der Waals surface area contributed by atoms with Crippen LogP contribution in [-0.4, -0.2) is 78.1 Å². The number of nitrogens with zero attached hydrogens (tertiary/aromatic N) is 1. The Bertz CT molecular complexity index is 1010. The Morgan fingerprint density at radius 1 is 1.00 bits per heavy atom. The second-order valence-electron chi connectivity index (χ2n) is 8.40. The molecular weight excluding hydrogens is 440 g/mol. The van der Waals surface area contributed by atoms with Gasteiger partial charge >= 0.3 is 12.1 Å². The molecule has 0 bridgehead atoms. The lowest BCUT2D eigenvalue weighted by Gasteiger charge is -2.21. The number of carbonyl (C=O) groups excluding carboxylic acids is 2. The number of carboxylic acid groups (broad SMARTS) is 1. The largest absolute Gasteiger partial charge is 0.480 e. The number of carbonyl (C=O) groups is 3. The van der Waals surface area contributed by atoms with Crippen molar-refractivity contribution in [2.24, 2.45) is 0 Å². The maximum Gasteiger partial charge on any atom is 0.407 e. The number of benzene rings is 2. The third-order valence-electron chi connectivity index (χ3n) is 6.20. The number of β-amino-alcohol motifs (C(OH)–C–C–N with tert-alkyl or cyclic N) is 1. The Labute approximate surface area is 197 Å². The predicted molar refractivity (Wildman–Crippen MR) is 122 cm³/mol. The molecule has 1 saturated heterocycles. The summed E-state index contributed by atoms with van der Waals surface area (Å²) in [6, 6.07) is 15.2. The van der Waals surface area contributed by atoms with E-state index in [9.17, 15) is 19.5 Å². The molecule has 180 valence electrons. The molecule has 2 aromatic carbocycles. The van der Waals surface area contributed by atoms with Gasteiger partial charge in [-0.1, -0.05) is 48.5 Å². The topological polar surface area (TPSA) is 125 Å². The maximum absolute atomic E-state index is 12.2. The highest BCUT2D eigenvalue weighted by Gasteiger charge is 2.38. The van der Waals surface area contributed by atoms with Gasteiger partial charge in [0.1, 0.15) is 12.6 Å². The van der Waals surface area contributed by atoms with Crippen molar-refractivity contribution in [3.8, 4) is 11.1 Å². The summed E-state index contributed by atoms with van der Waals surface area (Å²) in [5.41, 5.74) is 4.60. The number of amides is 2. The van der Waals surface area contributed by atoms with Gasteiger partial charge in [0.15, 0.2) is 0 Å². The average Bonchev–Trinajstić information content (AvgIpc) is 3.38. The van der Waals surface area contributed by atoms with Gasteiger partial charge in [0.25, 0.3) is 0 Å². The third-order valence-corrected chi connectivity index (χ3v) is 6.20. The number of nitrogens with one attached hydrogen (secondary N) is 1. The van der Waals surface area contributed by atoms with Crippen LogP contribution in [-0.2, 0) is 19.1 Å². The lowest BCUT2D eigenvalue weighted by atomic mass is 9.98. The minimum absolute atomic E-state index is 0.00143. The van der Waals surface area contributed by atoms with Crippen molar-refractivity contribution in [2.75, 3.05) is 32.9 Å². The van der Waals surface area contributed by atoms with Crippen molar-refractivity contribution in [2.45, 2.75) is 30.9 Å². The lowest BCUT2D eigenvalue weighted by Crippen LogP contribution is -2.41. The second-order valence-corrected chi connectivity index (χ2v) is 8.40. The molecule has 1 fully saturated rings. The molecule has 2 aliphatic rings. The summed E-state index contributed by atoms with van der Waals surface area (Å²) in [4.78, 5) is 36.7. The fourth-order valence-electron chi connectivity index (χ4n) is 4.60. The number of hydrogen-bond acceptors (Lipinski definition) is 6. The van der Waals surface area contributed by atoms with Gasteiger partial charge in [0, 0.05) is 25.4 Å². The highest BCUT2D eigenvalue weighted by atomic mass is 16.5. The van der Waals surface area contributed by atoms with Crippen LogP contribution in [0.15, 0.2) is 48.5 Å². The Kier molecular flexibility index (Phi) is 7.44. The van der Waals surface area contributed by atoms with Gasteiger partial charge in [0.2, 0.25) is 5.91 Å². The number of ether oxygens (including phenoxy) is 2. The number of hydrogen-bond donors (Lipinski definition) is 3. The van der Waals surface area contributed by atoms with Crippen molar-refractivity contribution in [1.29, 1.82) is 0 Å². The number of aliphatic hydroxyl groups is 1. The smallest absolute Gasteiger partial charge is 0.407 e. The number of likely N-dealkylation sites (tertiary alicyclic amines) is 1. The summed E-state index contributed by atoms with van der Waals surface area (Å²) < 4.78 is 10.8. The molecule has 3 N–H and O–H groups in total. The van der Waals surface area contributed by atoms with Crippen molar-refractivity contribution in [3.63, 3.8) is 0 Å². The Balaban J connectivity index is 1.15. The molecule has 1 aliphatic carbocycles. The van der Waals surface area contributed by atoms with Crippen molar-refractivity contribution < 1.29 is 34.1 Å². The van der Waals surface area contributed by atoms with Crippen LogP contribution in [0.4, 0.5) is 4.79 Å². The lowest BCUT2D eigenvalue weighted by molar-refractivity contribution is -0.148. The molecule has 34 heavy (non-hydrogen) atoms. The van der Waals surface area contributed by atoms with E-state index in [1.807, 2.05) is 24.3 Å². The monoisotopic (exact) mass is 468 g/mol. The van der Waals surface area contributed by atoms with Gasteiger partial charge in [-0.3, -0.25) is 4.79 Å². The van der Waals surface area contributed by atoms with E-state index >= 15 is 0 Å². The van der Waals surface area contributed by atoms with Crippen LogP contribution in [0, 0.1) is 0 Å². The molecule has 1 aliphatic heterocycles. The minimum Gasteiger partial charge on any atom is -0.480 e. The molecule has 0 radical (unpaired) electrons. The highest BCUT2D eigenvalue weighted by Crippen LogP contribution is 2.44. The number of aliphatic carboxylic acids is 1. The van der Waals surface area contributed by atoms with E-state index in [4.69, 9.17) is 14.6 Å². The van der Waals surface area contributed by atoms with Gasteiger partial charge in [0.05, 0.1) is 25.7 Å². The fourth-order valence-corrected chi connectivity index (χ4v) is 4.60. The molecule has 0 spiro atoms. The minimum atomic E-state index is -1.13. The molecule has 9 heteroatoms. The SMILES string of the molecule is O=C(NCCOCCC(=O)N1C[C@@H](O)C[C@H]1C(=O)O)OCC1c2ccccc2-c2ccccc21. The zero-order valence-corrected chi connectivity index (χ0v) is 18.7. The van der Waals surface area contributed by atoms with E-state index < -0.39 is 24.2 Å². The normalized spacial score (nSPS) is 18.9. The molecule has 0 saturated carbocycles. The molecule has 4 rings (SSSR count). The van der Waals surface area contributed by atoms with Crippen molar-refractivity contribution in [3.05, 3.63) is 59.7 Å². The number of alkyl carbamates (subject to hydrolysis) is 1. The molecule has 9 nitrogen and oxygen atoms in total. The second kappa shape index (κ2) is 10.7. The van der Waals surface area contributed by atoms with Gasteiger partial charge in [-0.2, -0.15) is 0 Å². The zero-order chi connectivity index (χ0) is 24.1. The first kappa shape index (κ1) is 23.7. The van der Waals surface area contributed by atoms with Crippen LogP contribution in [0.1, 0.15) is 29.9 Å². The Hall–Kier alpha value is -3.43. The van der Waals surface area contributed by atoms with Gasteiger partial charge in [-0.05, 0) is 22.3 Å². The highest BCUT2D eigenvalue weighted by molar-refractivity contribution is 5.84.